The summed E-state index contributed by atoms with van der Waals surface area (Å²) >= 11 is 1.17. The summed E-state index contributed by atoms with van der Waals surface area (Å²) in [6, 6.07) is 0. The SMILES string of the molecule is CCOC(=O)c1sc(C)nc1C(=O)NC(C)(C)C. The van der Waals surface area contributed by atoms with Gasteiger partial charge in [-0.2, -0.15) is 0 Å². The van der Waals surface area contributed by atoms with Crippen LogP contribution in [0.15, 0.2) is 0 Å². The third kappa shape index (κ3) is 3.80. The number of aromatic nitrogens is 1. The predicted molar refractivity (Wildman–Crippen MR) is 70.0 cm³/mol. The quantitative estimate of drug-likeness (QED) is 0.855. The molecule has 1 heterocycles. The summed E-state index contributed by atoms with van der Waals surface area (Å²) in [4.78, 5) is 28.1. The van der Waals surface area contributed by atoms with Crippen LogP contribution in [0.1, 0.15) is 52.9 Å². The van der Waals surface area contributed by atoms with Gasteiger partial charge in [0.2, 0.25) is 0 Å². The molecule has 1 amide bonds. The molecule has 0 aliphatic rings. The second-order valence-electron chi connectivity index (χ2n) is 4.84. The maximum Gasteiger partial charge on any atom is 0.350 e. The topological polar surface area (TPSA) is 68.3 Å². The Morgan fingerprint density at radius 1 is 1.39 bits per heavy atom. The lowest BCUT2D eigenvalue weighted by Crippen LogP contribution is -2.41. The maximum absolute atomic E-state index is 12.0. The number of thiazole rings is 1. The Bertz CT molecular complexity index is 460. The van der Waals surface area contributed by atoms with E-state index >= 15 is 0 Å². The first-order chi connectivity index (χ1) is 8.24. The van der Waals surface area contributed by atoms with Gasteiger partial charge in [-0.3, -0.25) is 4.79 Å². The van der Waals surface area contributed by atoms with Crippen molar-refractivity contribution < 1.29 is 14.3 Å². The predicted octanol–water partition coefficient (Wildman–Crippen LogP) is 2.16. The molecular formula is C12H18N2O3S. The Hall–Kier alpha value is -1.43. The van der Waals surface area contributed by atoms with Crippen LogP contribution in [0.3, 0.4) is 0 Å². The van der Waals surface area contributed by atoms with E-state index in [0.29, 0.717) is 5.01 Å². The number of aryl methyl sites for hydroxylation is 1. The highest BCUT2D eigenvalue weighted by atomic mass is 32.1. The van der Waals surface area contributed by atoms with Crippen molar-refractivity contribution in [3.63, 3.8) is 0 Å². The van der Waals surface area contributed by atoms with E-state index in [-0.39, 0.29) is 28.6 Å². The van der Waals surface area contributed by atoms with Crippen LogP contribution < -0.4 is 5.32 Å². The zero-order chi connectivity index (χ0) is 13.9. The zero-order valence-corrected chi connectivity index (χ0v) is 12.1. The Kier molecular flexibility index (Phi) is 4.45. The van der Waals surface area contributed by atoms with E-state index in [4.69, 9.17) is 4.74 Å². The normalized spacial score (nSPS) is 11.2. The van der Waals surface area contributed by atoms with Gasteiger partial charge in [0.15, 0.2) is 5.69 Å². The summed E-state index contributed by atoms with van der Waals surface area (Å²) in [6.07, 6.45) is 0. The van der Waals surface area contributed by atoms with Crippen molar-refractivity contribution in [1.82, 2.24) is 10.3 Å². The van der Waals surface area contributed by atoms with Gasteiger partial charge in [-0.1, -0.05) is 0 Å². The number of esters is 1. The summed E-state index contributed by atoms with van der Waals surface area (Å²) in [7, 11) is 0. The van der Waals surface area contributed by atoms with E-state index in [0.717, 1.165) is 0 Å². The minimum absolute atomic E-state index is 0.144. The average Bonchev–Trinajstić information content (AvgIpc) is 2.58. The molecule has 0 bridgehead atoms. The summed E-state index contributed by atoms with van der Waals surface area (Å²) in [5.74, 6) is -0.850. The van der Waals surface area contributed by atoms with Crippen molar-refractivity contribution in [1.29, 1.82) is 0 Å². The number of nitrogens with zero attached hydrogens (tertiary/aromatic N) is 1. The molecule has 1 aromatic heterocycles. The van der Waals surface area contributed by atoms with Crippen LogP contribution in [-0.4, -0.2) is 29.0 Å². The van der Waals surface area contributed by atoms with Crippen LogP contribution in [0.5, 0.6) is 0 Å². The van der Waals surface area contributed by atoms with Crippen molar-refractivity contribution in [2.45, 2.75) is 40.2 Å². The molecular weight excluding hydrogens is 252 g/mol. The van der Waals surface area contributed by atoms with Crippen LogP contribution in [0, 0.1) is 6.92 Å². The molecule has 5 nitrogen and oxygen atoms in total. The second kappa shape index (κ2) is 5.48. The molecule has 0 saturated carbocycles. The summed E-state index contributed by atoms with van der Waals surface area (Å²) < 4.78 is 4.91. The molecule has 0 aromatic carbocycles. The highest BCUT2D eigenvalue weighted by Crippen LogP contribution is 2.19. The largest absolute Gasteiger partial charge is 0.462 e. The lowest BCUT2D eigenvalue weighted by Gasteiger charge is -2.19. The van der Waals surface area contributed by atoms with Gasteiger partial charge in [-0.25, -0.2) is 9.78 Å². The lowest BCUT2D eigenvalue weighted by molar-refractivity contribution is 0.0527. The second-order valence-corrected chi connectivity index (χ2v) is 6.04. The Morgan fingerprint density at radius 2 is 2.00 bits per heavy atom. The van der Waals surface area contributed by atoms with Gasteiger partial charge in [0.25, 0.3) is 5.91 Å². The molecule has 100 valence electrons. The monoisotopic (exact) mass is 270 g/mol. The summed E-state index contributed by atoms with van der Waals surface area (Å²) in [5.41, 5.74) is -0.230. The van der Waals surface area contributed by atoms with Crippen molar-refractivity contribution in [2.24, 2.45) is 0 Å². The highest BCUT2D eigenvalue weighted by Gasteiger charge is 2.25. The molecule has 18 heavy (non-hydrogen) atoms. The van der Waals surface area contributed by atoms with E-state index < -0.39 is 5.97 Å². The first-order valence-electron chi connectivity index (χ1n) is 5.71. The Labute approximate surface area is 111 Å². The molecule has 0 atom stereocenters. The van der Waals surface area contributed by atoms with E-state index in [1.165, 1.54) is 11.3 Å². The van der Waals surface area contributed by atoms with Gasteiger partial charge in [0.05, 0.1) is 11.6 Å². The standard InChI is InChI=1S/C12H18N2O3S/c1-6-17-11(16)9-8(13-7(2)18-9)10(15)14-12(3,4)5/h6H2,1-5H3,(H,14,15). The number of hydrogen-bond donors (Lipinski definition) is 1. The first kappa shape index (κ1) is 14.6. The number of rotatable bonds is 3. The number of hydrogen-bond acceptors (Lipinski definition) is 5. The molecule has 0 radical (unpaired) electrons. The maximum atomic E-state index is 12.0. The average molecular weight is 270 g/mol. The molecule has 0 unspecified atom stereocenters. The summed E-state index contributed by atoms with van der Waals surface area (Å²) in [6.45, 7) is 9.36. The lowest BCUT2D eigenvalue weighted by atomic mass is 10.1. The van der Waals surface area contributed by atoms with E-state index in [9.17, 15) is 9.59 Å². The fraction of sp³-hybridized carbons (Fsp3) is 0.583. The van der Waals surface area contributed by atoms with Gasteiger partial charge >= 0.3 is 5.97 Å². The molecule has 0 aliphatic carbocycles. The number of ether oxygens (including phenoxy) is 1. The fourth-order valence-corrected chi connectivity index (χ4v) is 2.13. The Morgan fingerprint density at radius 3 is 2.50 bits per heavy atom. The van der Waals surface area contributed by atoms with Crippen LogP contribution in [0.4, 0.5) is 0 Å². The van der Waals surface area contributed by atoms with E-state index in [2.05, 4.69) is 10.3 Å². The van der Waals surface area contributed by atoms with E-state index in [1.807, 2.05) is 20.8 Å². The Balaban J connectivity index is 3.02. The molecule has 6 heteroatoms. The van der Waals surface area contributed by atoms with Crippen LogP contribution in [-0.2, 0) is 4.74 Å². The van der Waals surface area contributed by atoms with E-state index in [1.54, 1.807) is 13.8 Å². The number of carbonyl (C=O) groups is 2. The third-order valence-corrected chi connectivity index (χ3v) is 2.85. The number of carbonyl (C=O) groups excluding carboxylic acids is 2. The van der Waals surface area contributed by atoms with Crippen LogP contribution in [0.2, 0.25) is 0 Å². The molecule has 0 aliphatic heterocycles. The molecule has 0 fully saturated rings. The number of nitrogens with one attached hydrogen (secondary N) is 1. The van der Waals surface area contributed by atoms with Gasteiger partial charge in [-0.15, -0.1) is 11.3 Å². The zero-order valence-electron chi connectivity index (χ0n) is 11.3. The van der Waals surface area contributed by atoms with Gasteiger partial charge in [-0.05, 0) is 34.6 Å². The van der Waals surface area contributed by atoms with Crippen molar-refractivity contribution in [2.75, 3.05) is 6.61 Å². The number of amides is 1. The molecule has 1 N–H and O–H groups in total. The molecule has 1 aromatic rings. The minimum atomic E-state index is -0.498. The molecule has 0 spiro atoms. The smallest absolute Gasteiger partial charge is 0.350 e. The van der Waals surface area contributed by atoms with Gasteiger partial charge in [0.1, 0.15) is 4.88 Å². The van der Waals surface area contributed by atoms with Crippen molar-refractivity contribution >= 4 is 23.2 Å². The first-order valence-corrected chi connectivity index (χ1v) is 6.53. The highest BCUT2D eigenvalue weighted by molar-refractivity contribution is 7.13. The van der Waals surface area contributed by atoms with Crippen LogP contribution >= 0.6 is 11.3 Å². The van der Waals surface area contributed by atoms with Crippen LogP contribution in [0.25, 0.3) is 0 Å². The van der Waals surface area contributed by atoms with Crippen molar-refractivity contribution in [3.8, 4) is 0 Å². The third-order valence-electron chi connectivity index (χ3n) is 1.90. The summed E-state index contributed by atoms with van der Waals surface area (Å²) in [5, 5.41) is 3.45. The minimum Gasteiger partial charge on any atom is -0.462 e. The molecule has 0 saturated heterocycles. The fourth-order valence-electron chi connectivity index (χ4n) is 1.32. The van der Waals surface area contributed by atoms with Gasteiger partial charge in [0, 0.05) is 5.54 Å². The molecule has 1 rings (SSSR count). The van der Waals surface area contributed by atoms with Gasteiger partial charge < -0.3 is 10.1 Å². The van der Waals surface area contributed by atoms with Crippen molar-refractivity contribution in [3.05, 3.63) is 15.6 Å².